The maximum Gasteiger partial charge on any atom is 0.280 e. The molecular formula is C23H22ClF2N5O2S2. The van der Waals surface area contributed by atoms with Gasteiger partial charge in [-0.2, -0.15) is 5.10 Å². The molecular weight excluding hydrogens is 516 g/mol. The molecule has 0 aliphatic heterocycles. The van der Waals surface area contributed by atoms with Crippen LogP contribution in [0.3, 0.4) is 0 Å². The van der Waals surface area contributed by atoms with E-state index < -0.39 is 23.9 Å². The molecule has 35 heavy (non-hydrogen) atoms. The maximum absolute atomic E-state index is 13.6. The summed E-state index contributed by atoms with van der Waals surface area (Å²) in [5.41, 5.74) is 7.22. The predicted molar refractivity (Wildman–Crippen MR) is 136 cm³/mol. The van der Waals surface area contributed by atoms with Gasteiger partial charge in [-0.05, 0) is 39.0 Å². The lowest BCUT2D eigenvalue weighted by Crippen LogP contribution is -2.26. The molecule has 184 valence electrons. The number of pyridine rings is 1. The van der Waals surface area contributed by atoms with Crippen LogP contribution in [0.25, 0.3) is 20.7 Å². The van der Waals surface area contributed by atoms with Crippen LogP contribution in [0.5, 0.6) is 0 Å². The maximum atomic E-state index is 13.6. The first-order valence-corrected chi connectivity index (χ1v) is 12.6. The number of nitrogens with zero attached hydrogens (tertiary/aromatic N) is 3. The SMILES string of the molecule is Cc1ccc(-c2cc(C(F)F)nc3sc(C(N)=O)c(NC(=O)C(C)Cn4nc(C)c(Cl)c4C)c23)s1. The molecule has 3 N–H and O–H groups in total. The average molecular weight is 538 g/mol. The Labute approximate surface area is 212 Å². The van der Waals surface area contributed by atoms with E-state index in [1.807, 2.05) is 26.0 Å². The molecule has 1 unspecified atom stereocenters. The zero-order chi connectivity index (χ0) is 25.6. The van der Waals surface area contributed by atoms with Crippen molar-refractivity contribution >= 4 is 62.0 Å². The van der Waals surface area contributed by atoms with Gasteiger partial charge < -0.3 is 11.1 Å². The second-order valence-electron chi connectivity index (χ2n) is 8.21. The summed E-state index contributed by atoms with van der Waals surface area (Å²) in [6.07, 6.45) is -2.80. The van der Waals surface area contributed by atoms with Crippen LogP contribution in [0.2, 0.25) is 5.02 Å². The molecule has 0 aliphatic carbocycles. The largest absolute Gasteiger partial charge is 0.365 e. The number of hydrogen-bond donors (Lipinski definition) is 2. The Balaban J connectivity index is 1.79. The number of aryl methyl sites for hydroxylation is 2. The van der Waals surface area contributed by atoms with Gasteiger partial charge in [0.2, 0.25) is 5.91 Å². The number of rotatable bonds is 7. The third-order valence-electron chi connectivity index (χ3n) is 5.57. The highest BCUT2D eigenvalue weighted by Crippen LogP contribution is 2.44. The molecule has 0 aromatic carbocycles. The number of halogens is 3. The molecule has 0 spiro atoms. The third-order valence-corrected chi connectivity index (χ3v) is 8.25. The lowest BCUT2D eigenvalue weighted by molar-refractivity contribution is -0.119. The molecule has 4 aromatic rings. The number of amides is 2. The van der Waals surface area contributed by atoms with Crippen molar-refractivity contribution in [3.05, 3.63) is 50.1 Å². The molecule has 4 rings (SSSR count). The van der Waals surface area contributed by atoms with Gasteiger partial charge in [-0.1, -0.05) is 18.5 Å². The van der Waals surface area contributed by atoms with E-state index in [2.05, 4.69) is 15.4 Å². The quantitative estimate of drug-likeness (QED) is 0.297. The number of alkyl halides is 2. The van der Waals surface area contributed by atoms with Crippen molar-refractivity contribution in [3.8, 4) is 10.4 Å². The van der Waals surface area contributed by atoms with Gasteiger partial charge in [0.15, 0.2) is 0 Å². The van der Waals surface area contributed by atoms with Crippen LogP contribution in [0.15, 0.2) is 18.2 Å². The molecule has 0 bridgehead atoms. The molecule has 0 fully saturated rings. The van der Waals surface area contributed by atoms with Gasteiger partial charge in [0.1, 0.15) is 15.4 Å². The second-order valence-corrected chi connectivity index (χ2v) is 10.9. The number of fused-ring (bicyclic) bond motifs is 1. The van der Waals surface area contributed by atoms with Crippen molar-refractivity contribution in [2.75, 3.05) is 5.32 Å². The average Bonchev–Trinajstić information content (AvgIpc) is 3.46. The van der Waals surface area contributed by atoms with Gasteiger partial charge in [-0.15, -0.1) is 22.7 Å². The summed E-state index contributed by atoms with van der Waals surface area (Å²) in [6.45, 7) is 7.46. The first kappa shape index (κ1) is 25.2. The van der Waals surface area contributed by atoms with Gasteiger partial charge >= 0.3 is 0 Å². The molecule has 2 amide bonds. The number of primary amides is 1. The number of hydrogen-bond acceptors (Lipinski definition) is 6. The first-order chi connectivity index (χ1) is 16.5. The van der Waals surface area contributed by atoms with Crippen molar-refractivity contribution in [1.82, 2.24) is 14.8 Å². The van der Waals surface area contributed by atoms with E-state index in [1.54, 1.807) is 18.5 Å². The normalized spacial score (nSPS) is 12.5. The Kier molecular flexibility index (Phi) is 6.94. The van der Waals surface area contributed by atoms with Crippen LogP contribution in [-0.2, 0) is 11.3 Å². The monoisotopic (exact) mass is 537 g/mol. The molecule has 0 saturated carbocycles. The lowest BCUT2D eigenvalue weighted by Gasteiger charge is -2.15. The van der Waals surface area contributed by atoms with Crippen molar-refractivity contribution in [2.45, 2.75) is 40.7 Å². The summed E-state index contributed by atoms with van der Waals surface area (Å²) < 4.78 is 28.9. The van der Waals surface area contributed by atoms with E-state index in [4.69, 9.17) is 17.3 Å². The van der Waals surface area contributed by atoms with Crippen LogP contribution in [0.1, 0.15) is 45.0 Å². The Morgan fingerprint density at radius 1 is 1.23 bits per heavy atom. The molecule has 4 aromatic heterocycles. The summed E-state index contributed by atoms with van der Waals surface area (Å²) in [7, 11) is 0. The Hall–Kier alpha value is -2.89. The number of anilines is 1. The number of nitrogens with two attached hydrogens (primary N) is 1. The third kappa shape index (κ3) is 4.80. The van der Waals surface area contributed by atoms with Crippen molar-refractivity contribution in [1.29, 1.82) is 0 Å². The van der Waals surface area contributed by atoms with Crippen molar-refractivity contribution in [3.63, 3.8) is 0 Å². The van der Waals surface area contributed by atoms with Crippen molar-refractivity contribution in [2.24, 2.45) is 11.7 Å². The molecule has 0 radical (unpaired) electrons. The fourth-order valence-corrected chi connectivity index (χ4v) is 5.78. The topological polar surface area (TPSA) is 103 Å². The molecule has 7 nitrogen and oxygen atoms in total. The van der Waals surface area contributed by atoms with Gasteiger partial charge in [-0.3, -0.25) is 14.3 Å². The van der Waals surface area contributed by atoms with Crippen LogP contribution in [0.4, 0.5) is 14.5 Å². The predicted octanol–water partition coefficient (Wildman–Crippen LogP) is 6.11. The highest BCUT2D eigenvalue weighted by Gasteiger charge is 2.27. The van der Waals surface area contributed by atoms with Gasteiger partial charge in [0.25, 0.3) is 12.3 Å². The van der Waals surface area contributed by atoms with Crippen molar-refractivity contribution < 1.29 is 18.4 Å². The van der Waals surface area contributed by atoms with Crippen LogP contribution in [-0.4, -0.2) is 26.6 Å². The summed E-state index contributed by atoms with van der Waals surface area (Å²) >= 11 is 8.51. The molecule has 12 heteroatoms. The van der Waals surface area contributed by atoms with E-state index in [-0.39, 0.29) is 27.8 Å². The number of carbonyl (C=O) groups is 2. The Morgan fingerprint density at radius 2 is 1.94 bits per heavy atom. The minimum Gasteiger partial charge on any atom is -0.365 e. The van der Waals surface area contributed by atoms with Crippen LogP contribution >= 0.6 is 34.3 Å². The van der Waals surface area contributed by atoms with Crippen LogP contribution in [0, 0.1) is 26.7 Å². The van der Waals surface area contributed by atoms with E-state index in [1.165, 1.54) is 17.4 Å². The Bertz CT molecular complexity index is 1460. The second kappa shape index (κ2) is 9.63. The minimum atomic E-state index is -2.80. The van der Waals surface area contributed by atoms with E-state index in [0.29, 0.717) is 26.5 Å². The summed E-state index contributed by atoms with van der Waals surface area (Å²) in [4.78, 5) is 31.5. The number of thiophene rings is 2. The number of aromatic nitrogens is 3. The van der Waals surface area contributed by atoms with E-state index in [9.17, 15) is 18.4 Å². The van der Waals surface area contributed by atoms with E-state index >= 15 is 0 Å². The Morgan fingerprint density at radius 3 is 2.49 bits per heavy atom. The first-order valence-electron chi connectivity index (χ1n) is 10.6. The summed E-state index contributed by atoms with van der Waals surface area (Å²) in [6, 6.07) is 4.98. The van der Waals surface area contributed by atoms with Crippen LogP contribution < -0.4 is 11.1 Å². The smallest absolute Gasteiger partial charge is 0.280 e. The molecule has 0 saturated heterocycles. The summed E-state index contributed by atoms with van der Waals surface area (Å²) in [5, 5.41) is 8.12. The zero-order valence-electron chi connectivity index (χ0n) is 19.3. The highest BCUT2D eigenvalue weighted by molar-refractivity contribution is 7.21. The zero-order valence-corrected chi connectivity index (χ0v) is 21.7. The fourth-order valence-electron chi connectivity index (χ4n) is 3.74. The van der Waals surface area contributed by atoms with E-state index in [0.717, 1.165) is 21.9 Å². The van der Waals surface area contributed by atoms with Gasteiger partial charge in [0, 0.05) is 20.7 Å². The number of carbonyl (C=O) groups excluding carboxylic acids is 2. The fraction of sp³-hybridized carbons (Fsp3) is 0.304. The van der Waals surface area contributed by atoms with Gasteiger partial charge in [-0.25, -0.2) is 13.8 Å². The molecule has 1 atom stereocenters. The molecule has 4 heterocycles. The minimum absolute atomic E-state index is 0.0446. The van der Waals surface area contributed by atoms with Gasteiger partial charge in [0.05, 0.1) is 34.6 Å². The highest BCUT2D eigenvalue weighted by atomic mass is 35.5. The standard InChI is InChI=1S/C23H22ClF2N5O2S2/c1-9(8-31-12(4)17(24)11(3)30-31)22(33)29-18-16-13(15-6-5-10(2)34-15)7-14(20(25)26)28-23(16)35-19(18)21(27)32/h5-7,9,20H,8H2,1-4H3,(H2,27,32)(H,29,33). The number of nitrogens with one attached hydrogen (secondary N) is 1. The lowest BCUT2D eigenvalue weighted by atomic mass is 10.1. The molecule has 0 aliphatic rings. The summed E-state index contributed by atoms with van der Waals surface area (Å²) in [5.74, 6) is -1.73.